The lowest BCUT2D eigenvalue weighted by molar-refractivity contribution is -0.120. The first-order valence-corrected chi connectivity index (χ1v) is 8.46. The molecule has 1 aromatic heterocycles. The smallest absolute Gasteiger partial charge is 0.251 e. The minimum Gasteiger partial charge on any atom is -0.491 e. The van der Waals surface area contributed by atoms with E-state index < -0.39 is 0 Å². The van der Waals surface area contributed by atoms with Crippen LogP contribution in [-0.2, 0) is 20.8 Å². The summed E-state index contributed by atoms with van der Waals surface area (Å²) < 4.78 is 18.0. The fraction of sp³-hybridized carbons (Fsp3) is 0.444. The molecule has 1 N–H and O–H groups in total. The first kappa shape index (κ1) is 17.4. The average molecular weight is 345 g/mol. The number of rotatable bonds is 9. The minimum atomic E-state index is -0.205. The van der Waals surface area contributed by atoms with E-state index in [1.807, 2.05) is 30.3 Å². The molecule has 3 rings (SSSR count). The fourth-order valence-corrected chi connectivity index (χ4v) is 2.64. The molecule has 2 aromatic rings. The van der Waals surface area contributed by atoms with E-state index >= 15 is 0 Å². The van der Waals surface area contributed by atoms with Crippen LogP contribution < -0.4 is 10.1 Å². The van der Waals surface area contributed by atoms with Crippen molar-refractivity contribution in [2.75, 3.05) is 38.4 Å². The van der Waals surface area contributed by atoms with Gasteiger partial charge in [0.2, 0.25) is 0 Å². The SMILES string of the molecule is O=C(COCCOc1ccccc1)Nc1ccnn1C[C@H]1CCOC1. The highest BCUT2D eigenvalue weighted by molar-refractivity contribution is 5.90. The van der Waals surface area contributed by atoms with E-state index in [1.54, 1.807) is 16.9 Å². The molecule has 7 heteroatoms. The molecular weight excluding hydrogens is 322 g/mol. The zero-order valence-corrected chi connectivity index (χ0v) is 14.1. The maximum Gasteiger partial charge on any atom is 0.251 e. The van der Waals surface area contributed by atoms with Gasteiger partial charge < -0.3 is 19.5 Å². The Balaban J connectivity index is 1.34. The highest BCUT2D eigenvalue weighted by atomic mass is 16.5. The lowest BCUT2D eigenvalue weighted by Gasteiger charge is -2.12. The minimum absolute atomic E-state index is 0.0180. The summed E-state index contributed by atoms with van der Waals surface area (Å²) in [4.78, 5) is 12.0. The van der Waals surface area contributed by atoms with Crippen LogP contribution in [0.15, 0.2) is 42.6 Å². The number of carbonyl (C=O) groups excluding carboxylic acids is 1. The van der Waals surface area contributed by atoms with Crippen molar-refractivity contribution in [2.24, 2.45) is 5.92 Å². The maximum atomic E-state index is 12.0. The van der Waals surface area contributed by atoms with Crippen molar-refractivity contribution < 1.29 is 19.0 Å². The van der Waals surface area contributed by atoms with E-state index in [1.165, 1.54) is 0 Å². The predicted molar refractivity (Wildman–Crippen MR) is 92.5 cm³/mol. The number of hydrogen-bond acceptors (Lipinski definition) is 5. The third-order valence-corrected chi connectivity index (χ3v) is 3.91. The number of anilines is 1. The second-order valence-corrected chi connectivity index (χ2v) is 5.89. The predicted octanol–water partition coefficient (Wildman–Crippen LogP) is 1.95. The van der Waals surface area contributed by atoms with Crippen LogP contribution in [0.25, 0.3) is 0 Å². The second kappa shape index (κ2) is 9.19. The van der Waals surface area contributed by atoms with Crippen LogP contribution in [0.4, 0.5) is 5.82 Å². The highest BCUT2D eigenvalue weighted by Gasteiger charge is 2.18. The Kier molecular flexibility index (Phi) is 6.42. The first-order chi connectivity index (χ1) is 12.3. The van der Waals surface area contributed by atoms with Crippen LogP contribution in [0.5, 0.6) is 5.75 Å². The number of benzene rings is 1. The largest absolute Gasteiger partial charge is 0.491 e. The maximum absolute atomic E-state index is 12.0. The highest BCUT2D eigenvalue weighted by Crippen LogP contribution is 2.17. The first-order valence-electron chi connectivity index (χ1n) is 8.46. The molecule has 1 amide bonds. The zero-order valence-electron chi connectivity index (χ0n) is 14.1. The Labute approximate surface area is 146 Å². The molecule has 25 heavy (non-hydrogen) atoms. The van der Waals surface area contributed by atoms with Gasteiger partial charge in [-0.15, -0.1) is 0 Å². The molecule has 134 valence electrons. The molecule has 1 aliphatic heterocycles. The summed E-state index contributed by atoms with van der Waals surface area (Å²) in [6, 6.07) is 11.3. The fourth-order valence-electron chi connectivity index (χ4n) is 2.64. The molecule has 1 fully saturated rings. The molecule has 0 saturated carbocycles. The van der Waals surface area contributed by atoms with E-state index in [4.69, 9.17) is 14.2 Å². The van der Waals surface area contributed by atoms with Gasteiger partial charge in [-0.2, -0.15) is 5.10 Å². The Morgan fingerprint density at radius 1 is 1.28 bits per heavy atom. The van der Waals surface area contributed by atoms with Crippen LogP contribution in [0.1, 0.15) is 6.42 Å². The van der Waals surface area contributed by atoms with E-state index in [0.717, 1.165) is 31.9 Å². The van der Waals surface area contributed by atoms with Gasteiger partial charge in [0.25, 0.3) is 5.91 Å². The normalized spacial score (nSPS) is 16.7. The number of aromatic nitrogens is 2. The van der Waals surface area contributed by atoms with Crippen molar-refractivity contribution in [1.82, 2.24) is 9.78 Å². The Bertz CT molecular complexity index is 653. The van der Waals surface area contributed by atoms with Gasteiger partial charge in [-0.3, -0.25) is 4.79 Å². The van der Waals surface area contributed by atoms with Crippen molar-refractivity contribution in [1.29, 1.82) is 0 Å². The van der Waals surface area contributed by atoms with Gasteiger partial charge >= 0.3 is 0 Å². The Hall–Kier alpha value is -2.38. The van der Waals surface area contributed by atoms with E-state index in [2.05, 4.69) is 10.4 Å². The molecule has 0 radical (unpaired) electrons. The monoisotopic (exact) mass is 345 g/mol. The molecule has 2 heterocycles. The van der Waals surface area contributed by atoms with Crippen LogP contribution in [0.3, 0.4) is 0 Å². The molecule has 0 unspecified atom stereocenters. The lowest BCUT2D eigenvalue weighted by Crippen LogP contribution is -2.23. The third-order valence-electron chi connectivity index (χ3n) is 3.91. The summed E-state index contributed by atoms with van der Waals surface area (Å²) in [6.45, 7) is 3.02. The lowest BCUT2D eigenvalue weighted by atomic mass is 10.1. The van der Waals surface area contributed by atoms with Crippen LogP contribution in [0, 0.1) is 5.92 Å². The number of nitrogens with one attached hydrogen (secondary N) is 1. The summed E-state index contributed by atoms with van der Waals surface area (Å²) in [5.74, 6) is 1.71. The second-order valence-electron chi connectivity index (χ2n) is 5.89. The standard InChI is InChI=1S/C18H23N3O4/c22-18(14-24-10-11-25-16-4-2-1-3-5-16)20-17-6-8-19-21(17)12-15-7-9-23-13-15/h1-6,8,15H,7,9-14H2,(H,20,22)/t15-/m1/s1. The Morgan fingerprint density at radius 2 is 2.16 bits per heavy atom. The van der Waals surface area contributed by atoms with Crippen molar-refractivity contribution in [2.45, 2.75) is 13.0 Å². The number of nitrogens with zero attached hydrogens (tertiary/aromatic N) is 2. The van der Waals surface area contributed by atoms with Crippen LogP contribution in [-0.4, -0.2) is 48.7 Å². The molecule has 1 aliphatic rings. The van der Waals surface area contributed by atoms with E-state index in [-0.39, 0.29) is 12.5 Å². The molecule has 0 aliphatic carbocycles. The number of hydrogen-bond donors (Lipinski definition) is 1. The summed E-state index contributed by atoms with van der Waals surface area (Å²) in [5, 5.41) is 7.09. The van der Waals surface area contributed by atoms with Crippen molar-refractivity contribution in [3.8, 4) is 5.75 Å². The zero-order chi connectivity index (χ0) is 17.3. The molecule has 1 atom stereocenters. The Morgan fingerprint density at radius 3 is 2.96 bits per heavy atom. The molecule has 0 spiro atoms. The van der Waals surface area contributed by atoms with Crippen molar-refractivity contribution in [3.05, 3.63) is 42.6 Å². The summed E-state index contributed by atoms with van der Waals surface area (Å²) in [5.41, 5.74) is 0. The molecule has 0 bridgehead atoms. The third kappa shape index (κ3) is 5.58. The number of carbonyl (C=O) groups is 1. The quantitative estimate of drug-likeness (QED) is 0.703. The molecule has 1 aromatic carbocycles. The summed E-state index contributed by atoms with van der Waals surface area (Å²) in [6.07, 6.45) is 2.71. The van der Waals surface area contributed by atoms with Gasteiger partial charge in [0.05, 0.1) is 19.4 Å². The van der Waals surface area contributed by atoms with Crippen LogP contribution in [0.2, 0.25) is 0 Å². The van der Waals surface area contributed by atoms with Gasteiger partial charge in [0, 0.05) is 25.1 Å². The molecule has 1 saturated heterocycles. The topological polar surface area (TPSA) is 74.6 Å². The summed E-state index contributed by atoms with van der Waals surface area (Å²) in [7, 11) is 0. The van der Waals surface area contributed by atoms with Gasteiger partial charge in [-0.1, -0.05) is 18.2 Å². The van der Waals surface area contributed by atoms with E-state index in [9.17, 15) is 4.79 Å². The van der Waals surface area contributed by atoms with Gasteiger partial charge in [0.15, 0.2) is 0 Å². The van der Waals surface area contributed by atoms with Gasteiger partial charge in [0.1, 0.15) is 24.8 Å². The van der Waals surface area contributed by atoms with Crippen LogP contribution >= 0.6 is 0 Å². The number of amides is 1. The van der Waals surface area contributed by atoms with Gasteiger partial charge in [-0.05, 0) is 18.6 Å². The van der Waals surface area contributed by atoms with Gasteiger partial charge in [-0.25, -0.2) is 4.68 Å². The van der Waals surface area contributed by atoms with E-state index in [0.29, 0.717) is 24.9 Å². The number of ether oxygens (including phenoxy) is 3. The molecular formula is C18H23N3O4. The van der Waals surface area contributed by atoms with Crippen molar-refractivity contribution in [3.63, 3.8) is 0 Å². The average Bonchev–Trinajstić information content (AvgIpc) is 3.29. The number of para-hydroxylation sites is 1. The van der Waals surface area contributed by atoms with Crippen molar-refractivity contribution >= 4 is 11.7 Å². The molecule has 7 nitrogen and oxygen atoms in total. The summed E-state index contributed by atoms with van der Waals surface area (Å²) >= 11 is 0.